The van der Waals surface area contributed by atoms with E-state index in [-0.39, 0.29) is 11.7 Å². The summed E-state index contributed by atoms with van der Waals surface area (Å²) < 4.78 is 1.76. The Hall–Kier alpha value is -2.10. The van der Waals surface area contributed by atoms with E-state index in [1.807, 2.05) is 38.1 Å². The van der Waals surface area contributed by atoms with Gasteiger partial charge in [0, 0.05) is 24.8 Å². The molecular weight excluding hydrogens is 238 g/mol. The molecule has 0 amide bonds. The zero-order valence-corrected chi connectivity index (χ0v) is 11.3. The number of aromatic nitrogens is 2. The summed E-state index contributed by atoms with van der Waals surface area (Å²) in [5, 5.41) is 4.13. The summed E-state index contributed by atoms with van der Waals surface area (Å²) in [6, 6.07) is 7.68. The lowest BCUT2D eigenvalue weighted by atomic mass is 9.94. The third-order valence-corrected chi connectivity index (χ3v) is 3.28. The van der Waals surface area contributed by atoms with Crippen LogP contribution in [0, 0.1) is 0 Å². The van der Waals surface area contributed by atoms with Gasteiger partial charge in [-0.15, -0.1) is 0 Å². The molecule has 0 fully saturated rings. The van der Waals surface area contributed by atoms with Gasteiger partial charge in [-0.1, -0.05) is 19.1 Å². The van der Waals surface area contributed by atoms with Crippen molar-refractivity contribution in [2.45, 2.75) is 32.7 Å². The fourth-order valence-electron chi connectivity index (χ4n) is 2.02. The van der Waals surface area contributed by atoms with Crippen molar-refractivity contribution >= 4 is 11.5 Å². The summed E-state index contributed by atoms with van der Waals surface area (Å²) in [6.07, 6.45) is 3.93. The maximum atomic E-state index is 12.1. The fourth-order valence-corrected chi connectivity index (χ4v) is 2.02. The molecule has 1 heterocycles. The van der Waals surface area contributed by atoms with E-state index < -0.39 is 0 Å². The van der Waals surface area contributed by atoms with Crippen molar-refractivity contribution < 1.29 is 4.79 Å². The molecule has 0 saturated carbocycles. The smallest absolute Gasteiger partial charge is 0.166 e. The number of carbonyl (C=O) groups excluding carboxylic acids is 1. The van der Waals surface area contributed by atoms with Gasteiger partial charge in [0.1, 0.15) is 0 Å². The number of aryl methyl sites for hydroxylation is 1. The molecule has 0 spiro atoms. The highest BCUT2D eigenvalue weighted by Gasteiger charge is 2.14. The van der Waals surface area contributed by atoms with E-state index in [9.17, 15) is 4.79 Å². The lowest BCUT2D eigenvalue weighted by molar-refractivity contribution is 0.0975. The zero-order chi connectivity index (χ0) is 13.8. The van der Waals surface area contributed by atoms with Crippen molar-refractivity contribution in [1.82, 2.24) is 9.78 Å². The van der Waals surface area contributed by atoms with E-state index in [1.54, 1.807) is 17.1 Å². The Morgan fingerprint density at radius 1 is 1.37 bits per heavy atom. The molecule has 0 radical (unpaired) electrons. The zero-order valence-electron chi connectivity index (χ0n) is 11.3. The van der Waals surface area contributed by atoms with Gasteiger partial charge in [0.25, 0.3) is 0 Å². The lowest BCUT2D eigenvalue weighted by Gasteiger charge is -2.10. The predicted octanol–water partition coefficient (Wildman–Crippen LogP) is 2.86. The summed E-state index contributed by atoms with van der Waals surface area (Å²) >= 11 is 0. The molecule has 2 aromatic rings. The Kier molecular flexibility index (Phi) is 4.00. The molecule has 2 N–H and O–H groups in total. The third-order valence-electron chi connectivity index (χ3n) is 3.28. The van der Waals surface area contributed by atoms with Crippen molar-refractivity contribution in [3.8, 4) is 0 Å². The average molecular weight is 257 g/mol. The van der Waals surface area contributed by atoms with E-state index in [0.29, 0.717) is 12.0 Å². The molecule has 4 heteroatoms. The summed E-state index contributed by atoms with van der Waals surface area (Å²) in [6.45, 7) is 4.83. The molecule has 100 valence electrons. The van der Waals surface area contributed by atoms with Gasteiger partial charge < -0.3 is 5.73 Å². The Labute approximate surface area is 113 Å². The minimum Gasteiger partial charge on any atom is -0.399 e. The molecular formula is C15H19N3O. The van der Waals surface area contributed by atoms with Crippen LogP contribution in [0.25, 0.3) is 0 Å². The largest absolute Gasteiger partial charge is 0.399 e. The van der Waals surface area contributed by atoms with Crippen LogP contribution in [0.2, 0.25) is 0 Å². The highest BCUT2D eigenvalue weighted by Crippen LogP contribution is 2.22. The van der Waals surface area contributed by atoms with Crippen molar-refractivity contribution in [3.63, 3.8) is 0 Å². The predicted molar refractivity (Wildman–Crippen MR) is 76.1 cm³/mol. The molecule has 19 heavy (non-hydrogen) atoms. The topological polar surface area (TPSA) is 60.9 Å². The lowest BCUT2D eigenvalue weighted by Crippen LogP contribution is -2.04. The molecule has 1 unspecified atom stereocenters. The third kappa shape index (κ3) is 3.22. The number of hydrogen-bond acceptors (Lipinski definition) is 3. The Morgan fingerprint density at radius 2 is 2.05 bits per heavy atom. The molecule has 4 nitrogen and oxygen atoms in total. The summed E-state index contributed by atoms with van der Waals surface area (Å²) in [5.74, 6) is 0.308. The first-order valence-corrected chi connectivity index (χ1v) is 6.51. The second kappa shape index (κ2) is 5.69. The SMILES string of the molecule is CCn1cc(C(=O)CC(C)c2ccc(N)cc2)cn1. The first-order valence-electron chi connectivity index (χ1n) is 6.51. The van der Waals surface area contributed by atoms with Crippen LogP contribution >= 0.6 is 0 Å². The van der Waals surface area contributed by atoms with Gasteiger partial charge in [0.2, 0.25) is 0 Å². The first-order chi connectivity index (χ1) is 9.10. The standard InChI is InChI=1S/C15H19N3O/c1-3-18-10-13(9-17-18)15(19)8-11(2)12-4-6-14(16)7-5-12/h4-7,9-11H,3,8,16H2,1-2H3. The molecule has 2 rings (SSSR count). The summed E-state index contributed by atoms with van der Waals surface area (Å²) in [7, 11) is 0. The van der Waals surface area contributed by atoms with E-state index >= 15 is 0 Å². The maximum Gasteiger partial charge on any atom is 0.166 e. The quantitative estimate of drug-likeness (QED) is 0.661. The number of carbonyl (C=O) groups is 1. The van der Waals surface area contributed by atoms with Gasteiger partial charge in [0.15, 0.2) is 5.78 Å². The number of nitrogens with zero attached hydrogens (tertiary/aromatic N) is 2. The van der Waals surface area contributed by atoms with Crippen LogP contribution < -0.4 is 5.73 Å². The van der Waals surface area contributed by atoms with Crippen LogP contribution in [0.5, 0.6) is 0 Å². The Bertz CT molecular complexity index is 557. The van der Waals surface area contributed by atoms with E-state index in [4.69, 9.17) is 5.73 Å². The molecule has 1 aromatic heterocycles. The molecule has 0 aliphatic carbocycles. The van der Waals surface area contributed by atoms with Crippen LogP contribution in [0.15, 0.2) is 36.7 Å². The highest BCUT2D eigenvalue weighted by atomic mass is 16.1. The second-order valence-corrected chi connectivity index (χ2v) is 4.78. The van der Waals surface area contributed by atoms with Gasteiger partial charge in [-0.3, -0.25) is 9.48 Å². The van der Waals surface area contributed by atoms with Crippen LogP contribution in [0.3, 0.4) is 0 Å². The number of ketones is 1. The molecule has 0 aliphatic heterocycles. The number of hydrogen-bond donors (Lipinski definition) is 1. The van der Waals surface area contributed by atoms with Crippen molar-refractivity contribution in [2.75, 3.05) is 5.73 Å². The van der Waals surface area contributed by atoms with Crippen molar-refractivity contribution in [1.29, 1.82) is 0 Å². The van der Waals surface area contributed by atoms with Crippen LogP contribution in [-0.2, 0) is 6.54 Å². The van der Waals surface area contributed by atoms with E-state index in [1.165, 1.54) is 0 Å². The van der Waals surface area contributed by atoms with Gasteiger partial charge in [-0.2, -0.15) is 5.10 Å². The number of anilines is 1. The monoisotopic (exact) mass is 257 g/mol. The highest BCUT2D eigenvalue weighted by molar-refractivity contribution is 5.96. The van der Waals surface area contributed by atoms with E-state index in [2.05, 4.69) is 5.10 Å². The minimum absolute atomic E-state index is 0.129. The van der Waals surface area contributed by atoms with E-state index in [0.717, 1.165) is 17.8 Å². The van der Waals surface area contributed by atoms with Crippen LogP contribution in [0.1, 0.15) is 42.1 Å². The summed E-state index contributed by atoms with van der Waals surface area (Å²) in [4.78, 5) is 12.1. The van der Waals surface area contributed by atoms with Crippen LogP contribution in [0.4, 0.5) is 5.69 Å². The number of rotatable bonds is 5. The van der Waals surface area contributed by atoms with Gasteiger partial charge >= 0.3 is 0 Å². The average Bonchev–Trinajstić information content (AvgIpc) is 2.88. The molecule has 0 aliphatic rings. The number of nitrogens with two attached hydrogens (primary N) is 1. The van der Waals surface area contributed by atoms with Crippen LogP contribution in [-0.4, -0.2) is 15.6 Å². The van der Waals surface area contributed by atoms with Gasteiger partial charge in [-0.25, -0.2) is 0 Å². The molecule has 0 saturated heterocycles. The van der Waals surface area contributed by atoms with Gasteiger partial charge in [-0.05, 0) is 30.5 Å². The van der Waals surface area contributed by atoms with Crippen molar-refractivity contribution in [3.05, 3.63) is 47.8 Å². The molecule has 1 atom stereocenters. The molecule has 1 aromatic carbocycles. The van der Waals surface area contributed by atoms with Gasteiger partial charge in [0.05, 0.1) is 11.8 Å². The second-order valence-electron chi connectivity index (χ2n) is 4.78. The number of benzene rings is 1. The fraction of sp³-hybridized carbons (Fsp3) is 0.333. The van der Waals surface area contributed by atoms with Crippen molar-refractivity contribution in [2.24, 2.45) is 0 Å². The Morgan fingerprint density at radius 3 is 2.63 bits per heavy atom. The maximum absolute atomic E-state index is 12.1. The minimum atomic E-state index is 0.129. The number of nitrogen functional groups attached to an aromatic ring is 1. The Balaban J connectivity index is 2.04. The number of Topliss-reactive ketones (excluding diaryl/α,β-unsaturated/α-hetero) is 1. The first kappa shape index (κ1) is 13.3. The normalized spacial score (nSPS) is 12.3. The molecule has 0 bridgehead atoms. The summed E-state index contributed by atoms with van der Waals surface area (Å²) in [5.41, 5.74) is 8.22.